The van der Waals surface area contributed by atoms with Crippen LogP contribution in [0.1, 0.15) is 10.4 Å². The fourth-order valence-corrected chi connectivity index (χ4v) is 4.62. The molecule has 4 aromatic heterocycles. The number of likely N-dealkylation sites (tertiary alicyclic amines) is 1. The quantitative estimate of drug-likeness (QED) is 0.374. The summed E-state index contributed by atoms with van der Waals surface area (Å²) < 4.78 is 6.26. The molecule has 5 heterocycles. The van der Waals surface area contributed by atoms with Crippen molar-refractivity contribution in [1.82, 2.24) is 30.2 Å². The Morgan fingerprint density at radius 3 is 3.00 bits per heavy atom. The van der Waals surface area contributed by atoms with Crippen LogP contribution in [-0.2, 0) is 4.79 Å². The Morgan fingerprint density at radius 2 is 2.24 bits per heavy atom. The number of carbonyl (C=O) groups is 2. The van der Waals surface area contributed by atoms with Gasteiger partial charge in [0.1, 0.15) is 11.3 Å². The molecule has 1 atom stereocenters. The molecule has 0 spiro atoms. The van der Waals surface area contributed by atoms with Crippen molar-refractivity contribution in [1.29, 1.82) is 5.26 Å². The van der Waals surface area contributed by atoms with Gasteiger partial charge in [-0.05, 0) is 12.1 Å². The molecule has 1 fully saturated rings. The third kappa shape index (κ3) is 3.63. The lowest BCUT2D eigenvalue weighted by molar-refractivity contribution is -0.146. The van der Waals surface area contributed by atoms with Gasteiger partial charge in [0.15, 0.2) is 5.65 Å². The van der Waals surface area contributed by atoms with Crippen molar-refractivity contribution in [2.45, 2.75) is 6.23 Å². The number of pyridine rings is 1. The van der Waals surface area contributed by atoms with E-state index in [0.717, 1.165) is 15.1 Å². The third-order valence-electron chi connectivity index (χ3n) is 5.35. The molecule has 166 valence electrons. The van der Waals surface area contributed by atoms with E-state index >= 15 is 0 Å². The van der Waals surface area contributed by atoms with E-state index in [2.05, 4.69) is 25.3 Å². The Bertz CT molecular complexity index is 1430. The number of methoxy groups -OCH3 is 1. The highest BCUT2D eigenvalue weighted by molar-refractivity contribution is 7.22. The molecule has 1 saturated heterocycles. The zero-order valence-corrected chi connectivity index (χ0v) is 18.1. The third-order valence-corrected chi connectivity index (χ3v) is 6.51. The lowest BCUT2D eigenvalue weighted by Crippen LogP contribution is -2.56. The van der Waals surface area contributed by atoms with Gasteiger partial charge in [0.2, 0.25) is 6.23 Å². The van der Waals surface area contributed by atoms with Gasteiger partial charge in [-0.15, -0.1) is 11.3 Å². The molecule has 0 bridgehead atoms. The fourth-order valence-electron chi connectivity index (χ4n) is 3.56. The van der Waals surface area contributed by atoms with Crippen molar-refractivity contribution in [3.8, 4) is 22.4 Å². The zero-order chi connectivity index (χ0) is 23.1. The van der Waals surface area contributed by atoms with E-state index in [1.807, 2.05) is 12.1 Å². The number of nitriles is 1. The molecule has 0 aliphatic carbocycles. The number of aliphatic hydroxyl groups is 1. The van der Waals surface area contributed by atoms with Gasteiger partial charge in [-0.2, -0.15) is 5.26 Å². The molecule has 1 aliphatic heterocycles. The van der Waals surface area contributed by atoms with E-state index in [4.69, 9.17) is 10.00 Å². The first-order valence-corrected chi connectivity index (χ1v) is 10.7. The fraction of sp³-hybridized carbons (Fsp3) is 0.238. The van der Waals surface area contributed by atoms with Crippen LogP contribution in [0.4, 0.5) is 0 Å². The van der Waals surface area contributed by atoms with E-state index in [9.17, 15) is 14.7 Å². The van der Waals surface area contributed by atoms with Crippen LogP contribution in [-0.4, -0.2) is 68.2 Å². The molecule has 11 nitrogen and oxygen atoms in total. The maximum Gasteiger partial charge on any atom is 0.272 e. The number of aromatic nitrogens is 4. The summed E-state index contributed by atoms with van der Waals surface area (Å²) in [5, 5.41) is 21.3. The molecule has 4 aromatic rings. The van der Waals surface area contributed by atoms with Crippen LogP contribution >= 0.6 is 11.3 Å². The minimum Gasteiger partial charge on any atom is -0.495 e. The highest BCUT2D eigenvalue weighted by atomic mass is 32.1. The Balaban J connectivity index is 1.40. The van der Waals surface area contributed by atoms with Crippen molar-refractivity contribution >= 4 is 44.5 Å². The van der Waals surface area contributed by atoms with Gasteiger partial charge in [0.25, 0.3) is 11.8 Å². The number of thiophene rings is 1. The molecule has 0 radical (unpaired) electrons. The number of H-pyrrole nitrogens is 1. The summed E-state index contributed by atoms with van der Waals surface area (Å²) in [4.78, 5) is 43.3. The Kier molecular flexibility index (Phi) is 5.12. The zero-order valence-electron chi connectivity index (χ0n) is 17.3. The van der Waals surface area contributed by atoms with Crippen LogP contribution in [0.2, 0.25) is 0 Å². The lowest BCUT2D eigenvalue weighted by Gasteiger charge is -2.36. The number of aliphatic hydroxyl groups excluding tert-OH is 1. The van der Waals surface area contributed by atoms with Gasteiger partial charge in [0.05, 0.1) is 51.6 Å². The lowest BCUT2D eigenvalue weighted by atomic mass is 10.0. The summed E-state index contributed by atoms with van der Waals surface area (Å²) in [6.45, 7) is 0.470. The van der Waals surface area contributed by atoms with Crippen LogP contribution in [0.5, 0.6) is 5.75 Å². The van der Waals surface area contributed by atoms with Crippen LogP contribution in [0.15, 0.2) is 30.7 Å². The second-order valence-electron chi connectivity index (χ2n) is 7.44. The molecular weight excluding hydrogens is 446 g/mol. The average Bonchev–Trinajstić information content (AvgIpc) is 3.41. The van der Waals surface area contributed by atoms with E-state index in [0.29, 0.717) is 22.6 Å². The number of nitrogens with zero attached hydrogens (tertiary/aromatic N) is 5. The number of fused-ring (bicyclic) bond motifs is 2. The summed E-state index contributed by atoms with van der Waals surface area (Å²) in [5.41, 5.74) is 2.13. The van der Waals surface area contributed by atoms with Crippen molar-refractivity contribution in [2.24, 2.45) is 5.92 Å². The van der Waals surface area contributed by atoms with E-state index in [-0.39, 0.29) is 24.6 Å². The number of rotatable bonds is 5. The molecule has 3 N–H and O–H groups in total. The molecule has 1 aliphatic rings. The van der Waals surface area contributed by atoms with Gasteiger partial charge in [-0.3, -0.25) is 14.6 Å². The second kappa shape index (κ2) is 8.12. The van der Waals surface area contributed by atoms with Crippen molar-refractivity contribution < 1.29 is 19.4 Å². The van der Waals surface area contributed by atoms with E-state index in [1.54, 1.807) is 25.6 Å². The van der Waals surface area contributed by atoms with Gasteiger partial charge < -0.3 is 25.0 Å². The van der Waals surface area contributed by atoms with E-state index in [1.165, 1.54) is 22.4 Å². The molecule has 33 heavy (non-hydrogen) atoms. The van der Waals surface area contributed by atoms with Crippen LogP contribution < -0.4 is 10.1 Å². The van der Waals surface area contributed by atoms with Crippen LogP contribution in [0, 0.1) is 17.2 Å². The normalized spacial score (nSPS) is 14.6. The minimum absolute atomic E-state index is 0.140. The largest absolute Gasteiger partial charge is 0.495 e. The standard InChI is InChI=1S/C21H17N7O4S/c1-32-14-2-3-23-12-4-15(33-17(12)14)13-7-25-18-16(26-13)11(6-24-18)19(29)27-20(30)21(31)28-8-10(5-22)9-28/h2-4,6-7,10,20,30H,8-9H2,1H3,(H,24,25)(H,27,29)/t20-/m1/s1. The summed E-state index contributed by atoms with van der Waals surface area (Å²) in [6, 6.07) is 5.70. The Hall–Kier alpha value is -4.08. The summed E-state index contributed by atoms with van der Waals surface area (Å²) in [5.74, 6) is -0.879. The topological polar surface area (TPSA) is 157 Å². The molecular formula is C21H17N7O4S. The van der Waals surface area contributed by atoms with E-state index < -0.39 is 18.0 Å². The van der Waals surface area contributed by atoms with Gasteiger partial charge in [-0.25, -0.2) is 9.97 Å². The number of ether oxygens (including phenoxy) is 1. The predicted octanol–water partition coefficient (Wildman–Crippen LogP) is 1.27. The van der Waals surface area contributed by atoms with Crippen molar-refractivity contribution in [3.63, 3.8) is 0 Å². The average molecular weight is 463 g/mol. The van der Waals surface area contributed by atoms with Gasteiger partial charge in [-0.1, -0.05) is 0 Å². The molecule has 2 amide bonds. The molecule has 5 rings (SSSR count). The smallest absolute Gasteiger partial charge is 0.272 e. The summed E-state index contributed by atoms with van der Waals surface area (Å²) in [7, 11) is 1.59. The first kappa shape index (κ1) is 20.8. The van der Waals surface area contributed by atoms with Gasteiger partial charge in [0, 0.05) is 25.5 Å². The maximum atomic E-state index is 12.8. The monoisotopic (exact) mass is 463 g/mol. The molecule has 12 heteroatoms. The Morgan fingerprint density at radius 1 is 1.42 bits per heavy atom. The maximum absolute atomic E-state index is 12.8. The molecule has 0 aromatic carbocycles. The van der Waals surface area contributed by atoms with Gasteiger partial charge >= 0.3 is 0 Å². The minimum atomic E-state index is -1.72. The number of aromatic amines is 1. The second-order valence-corrected chi connectivity index (χ2v) is 8.49. The highest BCUT2D eigenvalue weighted by Crippen LogP contribution is 2.37. The summed E-state index contributed by atoms with van der Waals surface area (Å²) in [6.07, 6.45) is 2.95. The van der Waals surface area contributed by atoms with Crippen molar-refractivity contribution in [3.05, 3.63) is 36.3 Å². The number of hydrogen-bond donors (Lipinski definition) is 3. The number of hydrogen-bond acceptors (Lipinski definition) is 9. The molecule has 0 saturated carbocycles. The predicted molar refractivity (Wildman–Crippen MR) is 118 cm³/mol. The number of nitrogens with one attached hydrogen (secondary N) is 2. The van der Waals surface area contributed by atoms with Crippen molar-refractivity contribution in [2.75, 3.05) is 20.2 Å². The molecule has 0 unspecified atom stereocenters. The highest BCUT2D eigenvalue weighted by Gasteiger charge is 2.34. The van der Waals surface area contributed by atoms with Crippen LogP contribution in [0.3, 0.4) is 0 Å². The first-order chi connectivity index (χ1) is 16.0. The van der Waals surface area contributed by atoms with Crippen LogP contribution in [0.25, 0.3) is 32.0 Å². The first-order valence-electron chi connectivity index (χ1n) is 9.93. The Labute approximate surface area is 190 Å². The number of carbonyl (C=O) groups excluding carboxylic acids is 2. The summed E-state index contributed by atoms with van der Waals surface area (Å²) >= 11 is 1.44. The number of amides is 2. The SMILES string of the molecule is COc1ccnc2cc(-c3cnc4[nH]cc(C(=O)N[C@H](O)C(=O)N5CC(C#N)C5)c4n3)sc12.